The Balaban J connectivity index is 2.52. The van der Waals surface area contributed by atoms with Crippen LogP contribution in [0.3, 0.4) is 0 Å². The first kappa shape index (κ1) is 15.8. The lowest BCUT2D eigenvalue weighted by Crippen LogP contribution is -2.14. The highest BCUT2D eigenvalue weighted by atomic mass is 14.8. The Morgan fingerprint density at radius 3 is 2.19 bits per heavy atom. The smallest absolute Gasteiger partial charge is 0.0527 e. The van der Waals surface area contributed by atoms with Gasteiger partial charge < -0.3 is 0 Å². The third kappa shape index (κ3) is 3.34. The molecule has 0 aromatic heterocycles. The second-order valence-corrected chi connectivity index (χ2v) is 7.09. The van der Waals surface area contributed by atoms with Gasteiger partial charge in [-0.05, 0) is 65.2 Å². The van der Waals surface area contributed by atoms with Crippen LogP contribution in [0.25, 0.3) is 0 Å². The van der Waals surface area contributed by atoms with Crippen LogP contribution in [-0.4, -0.2) is 11.3 Å². The summed E-state index contributed by atoms with van der Waals surface area (Å²) in [5.74, 6) is 0.395. The van der Waals surface area contributed by atoms with Crippen molar-refractivity contribution in [2.24, 2.45) is 4.99 Å². The molecule has 0 aliphatic heterocycles. The molecule has 1 atom stereocenters. The fourth-order valence-corrected chi connectivity index (χ4v) is 3.03. The summed E-state index contributed by atoms with van der Waals surface area (Å²) in [4.78, 5) is 4.85. The van der Waals surface area contributed by atoms with E-state index in [2.05, 4.69) is 78.8 Å². The highest BCUT2D eigenvalue weighted by Gasteiger charge is 2.23. The topological polar surface area (TPSA) is 12.4 Å². The van der Waals surface area contributed by atoms with Crippen molar-refractivity contribution in [3.63, 3.8) is 0 Å². The average molecular weight is 281 g/mol. The summed E-state index contributed by atoms with van der Waals surface area (Å²) >= 11 is 0. The number of hydrogen-bond donors (Lipinski definition) is 0. The van der Waals surface area contributed by atoms with E-state index in [1.165, 1.54) is 27.8 Å². The fourth-order valence-electron chi connectivity index (χ4n) is 3.03. The molecule has 21 heavy (non-hydrogen) atoms. The Labute approximate surface area is 129 Å². The minimum Gasteiger partial charge on any atom is -0.284 e. The summed E-state index contributed by atoms with van der Waals surface area (Å²) in [6.07, 6.45) is 2.38. The number of rotatable bonds is 2. The van der Waals surface area contributed by atoms with E-state index in [0.717, 1.165) is 5.71 Å². The fraction of sp³-hybridized carbons (Fsp3) is 0.450. The van der Waals surface area contributed by atoms with E-state index in [9.17, 15) is 0 Å². The highest BCUT2D eigenvalue weighted by Crippen LogP contribution is 2.38. The first-order chi connectivity index (χ1) is 9.70. The molecule has 1 aromatic rings. The zero-order chi connectivity index (χ0) is 15.8. The van der Waals surface area contributed by atoms with E-state index in [-0.39, 0.29) is 5.54 Å². The maximum absolute atomic E-state index is 4.85. The van der Waals surface area contributed by atoms with Crippen molar-refractivity contribution >= 4 is 5.71 Å². The van der Waals surface area contributed by atoms with E-state index < -0.39 is 0 Å². The first-order valence-electron chi connectivity index (χ1n) is 7.72. The van der Waals surface area contributed by atoms with Crippen molar-refractivity contribution in [1.29, 1.82) is 0 Å². The number of hydrogen-bond acceptors (Lipinski definition) is 1. The van der Waals surface area contributed by atoms with Crippen molar-refractivity contribution < 1.29 is 0 Å². The van der Waals surface area contributed by atoms with Crippen LogP contribution in [0.5, 0.6) is 0 Å². The Morgan fingerprint density at radius 2 is 1.67 bits per heavy atom. The molecule has 0 saturated carbocycles. The van der Waals surface area contributed by atoms with Gasteiger partial charge in [0, 0.05) is 11.6 Å². The average Bonchev–Trinajstić information content (AvgIpc) is 2.64. The van der Waals surface area contributed by atoms with Crippen LogP contribution >= 0.6 is 0 Å². The molecule has 0 fully saturated rings. The van der Waals surface area contributed by atoms with Crippen molar-refractivity contribution in [3.8, 4) is 0 Å². The molecule has 0 saturated heterocycles. The van der Waals surface area contributed by atoms with Gasteiger partial charge in [-0.2, -0.15) is 0 Å². The number of allylic oxidation sites excluding steroid dienone is 4. The molecule has 0 amide bonds. The second-order valence-electron chi connectivity index (χ2n) is 7.09. The van der Waals surface area contributed by atoms with Crippen LogP contribution in [0.15, 0.2) is 52.1 Å². The van der Waals surface area contributed by atoms with Gasteiger partial charge in [-0.3, -0.25) is 4.99 Å². The van der Waals surface area contributed by atoms with E-state index in [1.807, 2.05) is 0 Å². The van der Waals surface area contributed by atoms with Crippen LogP contribution in [0.2, 0.25) is 0 Å². The maximum atomic E-state index is 4.85. The largest absolute Gasteiger partial charge is 0.284 e. The van der Waals surface area contributed by atoms with Crippen molar-refractivity contribution in [1.82, 2.24) is 0 Å². The van der Waals surface area contributed by atoms with E-state index in [0.29, 0.717) is 5.92 Å². The lowest BCUT2D eigenvalue weighted by Gasteiger charge is -2.19. The van der Waals surface area contributed by atoms with Gasteiger partial charge in [0.25, 0.3) is 0 Å². The molecule has 1 nitrogen and oxygen atoms in total. The van der Waals surface area contributed by atoms with Crippen molar-refractivity contribution in [2.75, 3.05) is 0 Å². The third-order valence-electron chi connectivity index (χ3n) is 4.25. The lowest BCUT2D eigenvalue weighted by atomic mass is 9.88. The lowest BCUT2D eigenvalue weighted by molar-refractivity contribution is 0.583. The van der Waals surface area contributed by atoms with Crippen LogP contribution in [0, 0.1) is 0 Å². The molecular weight excluding hydrogens is 254 g/mol. The molecule has 1 heteroatoms. The van der Waals surface area contributed by atoms with Crippen LogP contribution < -0.4 is 0 Å². The standard InChI is InChI=1S/C20H27N/c1-13-12-19(15(3)14(13)2)18-11-9-8-10-17(18)16(4)21-20(5,6)7/h8-12,19H,1-7H3. The predicted octanol–water partition coefficient (Wildman–Crippen LogP) is 5.67. The first-order valence-corrected chi connectivity index (χ1v) is 7.72. The third-order valence-corrected chi connectivity index (χ3v) is 4.25. The second kappa shape index (κ2) is 5.63. The zero-order valence-corrected chi connectivity index (χ0v) is 14.4. The molecule has 1 aliphatic rings. The molecule has 0 radical (unpaired) electrons. The molecule has 112 valence electrons. The van der Waals surface area contributed by atoms with Gasteiger partial charge in [0.1, 0.15) is 0 Å². The Morgan fingerprint density at radius 1 is 1.05 bits per heavy atom. The van der Waals surface area contributed by atoms with E-state index in [4.69, 9.17) is 4.99 Å². The molecular formula is C20H27N. The summed E-state index contributed by atoms with van der Waals surface area (Å²) in [6, 6.07) is 8.68. The van der Waals surface area contributed by atoms with Crippen LogP contribution in [0.4, 0.5) is 0 Å². The van der Waals surface area contributed by atoms with Crippen LogP contribution in [-0.2, 0) is 0 Å². The normalized spacial score (nSPS) is 20.0. The minimum atomic E-state index is -0.0422. The van der Waals surface area contributed by atoms with Gasteiger partial charge in [-0.25, -0.2) is 0 Å². The van der Waals surface area contributed by atoms with Crippen molar-refractivity contribution in [2.45, 2.75) is 59.9 Å². The van der Waals surface area contributed by atoms with Crippen molar-refractivity contribution in [3.05, 3.63) is 58.2 Å². The van der Waals surface area contributed by atoms with Crippen LogP contribution in [0.1, 0.15) is 65.5 Å². The van der Waals surface area contributed by atoms with E-state index >= 15 is 0 Å². The van der Waals surface area contributed by atoms with Gasteiger partial charge >= 0.3 is 0 Å². The Hall–Kier alpha value is -1.63. The number of benzene rings is 1. The summed E-state index contributed by atoms with van der Waals surface area (Å²) in [7, 11) is 0. The maximum Gasteiger partial charge on any atom is 0.0527 e. The van der Waals surface area contributed by atoms with Gasteiger partial charge in [0.15, 0.2) is 0 Å². The van der Waals surface area contributed by atoms with Gasteiger partial charge in [0.2, 0.25) is 0 Å². The molecule has 2 rings (SSSR count). The molecule has 1 aliphatic carbocycles. The summed E-state index contributed by atoms with van der Waals surface area (Å²) < 4.78 is 0. The molecule has 1 aromatic carbocycles. The number of aliphatic imine (C=N–C) groups is 1. The molecule has 0 bridgehead atoms. The predicted molar refractivity (Wildman–Crippen MR) is 93.3 cm³/mol. The quantitative estimate of drug-likeness (QED) is 0.619. The summed E-state index contributed by atoms with van der Waals surface area (Å²) in [5, 5.41) is 0. The van der Waals surface area contributed by atoms with Gasteiger partial charge in [-0.15, -0.1) is 0 Å². The molecule has 0 spiro atoms. The van der Waals surface area contributed by atoms with Gasteiger partial charge in [0.05, 0.1) is 5.54 Å². The van der Waals surface area contributed by atoms with E-state index in [1.54, 1.807) is 0 Å². The SMILES string of the molecule is CC1=CC(c2ccccc2C(C)=NC(C)(C)C)C(C)=C1C. The molecule has 0 N–H and O–H groups in total. The minimum absolute atomic E-state index is 0.0422. The summed E-state index contributed by atoms with van der Waals surface area (Å²) in [5.41, 5.74) is 8.02. The highest BCUT2D eigenvalue weighted by molar-refractivity contribution is 6.00. The monoisotopic (exact) mass is 281 g/mol. The zero-order valence-electron chi connectivity index (χ0n) is 14.4. The molecule has 1 unspecified atom stereocenters. The molecule has 0 heterocycles. The Kier molecular flexibility index (Phi) is 4.22. The Bertz CT molecular complexity index is 636. The summed E-state index contributed by atoms with van der Waals surface area (Å²) in [6.45, 7) is 15.2. The van der Waals surface area contributed by atoms with Gasteiger partial charge in [-0.1, -0.05) is 41.5 Å². The number of nitrogens with zero attached hydrogens (tertiary/aromatic N) is 1.